The second-order valence-electron chi connectivity index (χ2n) is 3.98. The molecule has 0 saturated carbocycles. The Morgan fingerprint density at radius 3 is 2.59 bits per heavy atom. The van der Waals surface area contributed by atoms with Crippen molar-refractivity contribution in [2.75, 3.05) is 11.5 Å². The number of hydrogen-bond acceptors (Lipinski definition) is 4. The van der Waals surface area contributed by atoms with Gasteiger partial charge < -0.3 is 0 Å². The van der Waals surface area contributed by atoms with Crippen LogP contribution in [0.1, 0.15) is 17.7 Å². The van der Waals surface area contributed by atoms with Crippen molar-refractivity contribution < 1.29 is 8.42 Å². The maximum absolute atomic E-state index is 12.2. The quantitative estimate of drug-likeness (QED) is 0.906. The van der Waals surface area contributed by atoms with Crippen LogP contribution >= 0.6 is 39.0 Å². The minimum atomic E-state index is -3.35. The van der Waals surface area contributed by atoms with Crippen LogP contribution in [0.25, 0.3) is 0 Å². The number of nitrogens with one attached hydrogen (secondary N) is 1. The van der Waals surface area contributed by atoms with Gasteiger partial charge in [-0.05, 0) is 53.3 Å². The Labute approximate surface area is 119 Å². The molecule has 0 bridgehead atoms. The van der Waals surface area contributed by atoms with Crippen molar-refractivity contribution in [1.29, 1.82) is 0 Å². The zero-order chi connectivity index (χ0) is 12.5. The third kappa shape index (κ3) is 3.47. The molecule has 0 spiro atoms. The van der Waals surface area contributed by atoms with Crippen LogP contribution < -0.4 is 4.72 Å². The highest BCUT2D eigenvalue weighted by Crippen LogP contribution is 2.30. The molecule has 1 fully saturated rings. The summed E-state index contributed by atoms with van der Waals surface area (Å²) in [5.41, 5.74) is 0. The zero-order valence-electron chi connectivity index (χ0n) is 9.40. The summed E-state index contributed by atoms with van der Waals surface area (Å²) in [5.74, 6) is 2.08. The third-order valence-corrected chi connectivity index (χ3v) is 7.05. The average molecular weight is 356 g/mol. The molecule has 0 aromatic carbocycles. The van der Waals surface area contributed by atoms with Crippen LogP contribution in [0.3, 0.4) is 0 Å². The summed E-state index contributed by atoms with van der Waals surface area (Å²) in [7, 11) is -3.35. The lowest BCUT2D eigenvalue weighted by molar-refractivity contribution is 0.529. The molecule has 1 N–H and O–H groups in total. The summed E-state index contributed by atoms with van der Waals surface area (Å²) in [5, 5.41) is 0. The Morgan fingerprint density at radius 2 is 2.06 bits per heavy atom. The van der Waals surface area contributed by atoms with Gasteiger partial charge in [-0.2, -0.15) is 11.8 Å². The maximum atomic E-state index is 12.2. The van der Waals surface area contributed by atoms with E-state index in [2.05, 4.69) is 20.7 Å². The van der Waals surface area contributed by atoms with Crippen molar-refractivity contribution in [2.45, 2.75) is 30.7 Å². The predicted octanol–water partition coefficient (Wildman–Crippen LogP) is 2.99. The van der Waals surface area contributed by atoms with Gasteiger partial charge in [0.15, 0.2) is 0 Å². The minimum absolute atomic E-state index is 0.0966. The monoisotopic (exact) mass is 355 g/mol. The smallest absolute Gasteiger partial charge is 0.208 e. The maximum Gasteiger partial charge on any atom is 0.241 e. The zero-order valence-corrected chi connectivity index (χ0v) is 13.4. The van der Waals surface area contributed by atoms with Crippen LogP contribution in [0.15, 0.2) is 14.7 Å². The second kappa shape index (κ2) is 5.61. The van der Waals surface area contributed by atoms with E-state index in [4.69, 9.17) is 0 Å². The Morgan fingerprint density at radius 1 is 1.41 bits per heavy atom. The fraction of sp³-hybridized carbons (Fsp3) is 0.600. The van der Waals surface area contributed by atoms with Gasteiger partial charge in [-0.25, -0.2) is 13.1 Å². The fourth-order valence-electron chi connectivity index (χ4n) is 1.80. The van der Waals surface area contributed by atoms with Crippen LogP contribution in [-0.4, -0.2) is 26.0 Å². The van der Waals surface area contributed by atoms with E-state index in [1.165, 1.54) is 11.3 Å². The summed E-state index contributed by atoms with van der Waals surface area (Å²) in [6, 6.07) is 1.78. The second-order valence-corrected chi connectivity index (χ2v) is 9.52. The van der Waals surface area contributed by atoms with Gasteiger partial charge >= 0.3 is 0 Å². The molecule has 0 aliphatic carbocycles. The topological polar surface area (TPSA) is 46.2 Å². The van der Waals surface area contributed by atoms with E-state index in [0.717, 1.165) is 33.0 Å². The number of thiophene rings is 1. The Balaban J connectivity index is 2.15. The van der Waals surface area contributed by atoms with Crippen LogP contribution in [0.4, 0.5) is 0 Å². The van der Waals surface area contributed by atoms with Crippen molar-refractivity contribution in [1.82, 2.24) is 4.72 Å². The summed E-state index contributed by atoms with van der Waals surface area (Å²) in [6.07, 6.45) is 1.85. The molecule has 1 aromatic rings. The first-order valence-electron chi connectivity index (χ1n) is 5.35. The van der Waals surface area contributed by atoms with Gasteiger partial charge in [0.25, 0.3) is 0 Å². The summed E-state index contributed by atoms with van der Waals surface area (Å²) in [4.78, 5) is 1.24. The molecular weight excluding hydrogens is 342 g/mol. The number of hydrogen-bond donors (Lipinski definition) is 1. The Hall–Kier alpha value is 0.440. The van der Waals surface area contributed by atoms with Crippen molar-refractivity contribution in [2.24, 2.45) is 0 Å². The van der Waals surface area contributed by atoms with Gasteiger partial charge in [0, 0.05) is 10.9 Å². The highest BCUT2D eigenvalue weighted by Gasteiger charge is 2.24. The van der Waals surface area contributed by atoms with E-state index in [0.29, 0.717) is 4.90 Å². The molecule has 1 aliphatic rings. The van der Waals surface area contributed by atoms with Crippen LogP contribution in [0, 0.1) is 6.92 Å². The van der Waals surface area contributed by atoms with E-state index < -0.39 is 10.0 Å². The first-order valence-corrected chi connectivity index (χ1v) is 9.60. The number of rotatable bonds is 3. The Kier molecular flexibility index (Phi) is 4.57. The lowest BCUT2D eigenvalue weighted by Gasteiger charge is -2.22. The molecule has 2 rings (SSSR count). The summed E-state index contributed by atoms with van der Waals surface area (Å²) in [6.45, 7) is 1.83. The molecule has 0 atom stereocenters. The molecular formula is C10H14BrNO2S3. The van der Waals surface area contributed by atoms with Crippen LogP contribution in [-0.2, 0) is 10.0 Å². The third-order valence-electron chi connectivity index (χ3n) is 2.67. The highest BCUT2D eigenvalue weighted by molar-refractivity contribution is 9.11. The molecule has 0 unspecified atom stereocenters. The van der Waals surface area contributed by atoms with E-state index >= 15 is 0 Å². The van der Waals surface area contributed by atoms with Gasteiger partial charge in [0.1, 0.15) is 0 Å². The summed E-state index contributed by atoms with van der Waals surface area (Å²) < 4.78 is 28.1. The largest absolute Gasteiger partial charge is 0.241 e. The molecule has 1 aliphatic heterocycles. The van der Waals surface area contributed by atoms with Gasteiger partial charge in [0.2, 0.25) is 10.0 Å². The molecule has 2 heterocycles. The van der Waals surface area contributed by atoms with Crippen molar-refractivity contribution in [3.8, 4) is 0 Å². The SMILES string of the molecule is Cc1sc(Br)cc1S(=O)(=O)NC1CCSCC1. The van der Waals surface area contributed by atoms with Gasteiger partial charge in [0.05, 0.1) is 8.68 Å². The number of sulfonamides is 1. The molecule has 1 aromatic heterocycles. The lowest BCUT2D eigenvalue weighted by Crippen LogP contribution is -2.37. The number of thioether (sulfide) groups is 1. The number of halogens is 1. The van der Waals surface area contributed by atoms with Crippen molar-refractivity contribution in [3.63, 3.8) is 0 Å². The lowest BCUT2D eigenvalue weighted by atomic mass is 10.2. The highest BCUT2D eigenvalue weighted by atomic mass is 79.9. The van der Waals surface area contributed by atoms with E-state index in [1.807, 2.05) is 18.7 Å². The molecule has 17 heavy (non-hydrogen) atoms. The van der Waals surface area contributed by atoms with E-state index in [1.54, 1.807) is 6.07 Å². The average Bonchev–Trinajstić information content (AvgIpc) is 2.59. The fourth-order valence-corrected chi connectivity index (χ4v) is 6.62. The Bertz CT molecular complexity index is 492. The van der Waals surface area contributed by atoms with Gasteiger partial charge in [-0.1, -0.05) is 0 Å². The summed E-state index contributed by atoms with van der Waals surface area (Å²) >= 11 is 6.66. The molecule has 3 nitrogen and oxygen atoms in total. The van der Waals surface area contributed by atoms with Crippen LogP contribution in [0.5, 0.6) is 0 Å². The minimum Gasteiger partial charge on any atom is -0.208 e. The molecule has 7 heteroatoms. The molecule has 0 amide bonds. The van der Waals surface area contributed by atoms with Crippen molar-refractivity contribution in [3.05, 3.63) is 14.7 Å². The van der Waals surface area contributed by atoms with E-state index in [9.17, 15) is 8.42 Å². The van der Waals surface area contributed by atoms with Crippen LogP contribution in [0.2, 0.25) is 0 Å². The molecule has 0 radical (unpaired) electrons. The van der Waals surface area contributed by atoms with Crippen molar-refractivity contribution >= 4 is 49.1 Å². The van der Waals surface area contributed by atoms with Gasteiger partial charge in [-0.15, -0.1) is 11.3 Å². The first kappa shape index (κ1) is 13.9. The first-order chi connectivity index (χ1) is 7.99. The normalized spacial score (nSPS) is 18.5. The predicted molar refractivity (Wildman–Crippen MR) is 77.4 cm³/mol. The molecule has 1 saturated heterocycles. The van der Waals surface area contributed by atoms with Gasteiger partial charge in [-0.3, -0.25) is 0 Å². The van der Waals surface area contributed by atoms with E-state index in [-0.39, 0.29) is 6.04 Å². The standard InChI is InChI=1S/C10H14BrNO2S3/c1-7-9(6-10(11)16-7)17(13,14)12-8-2-4-15-5-3-8/h6,8,12H,2-5H2,1H3. The molecule has 96 valence electrons. The number of aryl methyl sites for hydroxylation is 1.